The van der Waals surface area contributed by atoms with Crippen molar-refractivity contribution < 1.29 is 49.3 Å². The summed E-state index contributed by atoms with van der Waals surface area (Å²) in [6.07, 6.45) is -1.84. The van der Waals surface area contributed by atoms with Crippen LogP contribution in [0, 0.1) is 6.92 Å². The summed E-state index contributed by atoms with van der Waals surface area (Å²) in [4.78, 5) is 23.8. The van der Waals surface area contributed by atoms with E-state index in [0.29, 0.717) is 12.0 Å². The molecule has 0 radical (unpaired) electrons. The number of aromatic hydroxyl groups is 1. The molecule has 2 heterocycles. The summed E-state index contributed by atoms with van der Waals surface area (Å²) in [5.74, 6) is -2.25. The minimum absolute atomic E-state index is 0.0418. The molecule has 0 saturated carbocycles. The number of phenolic OH excluding ortho intramolecular Hbond substituents is 1. The number of phenols is 1. The summed E-state index contributed by atoms with van der Waals surface area (Å²) in [6.45, 7) is 2.35. The van der Waals surface area contributed by atoms with Crippen molar-refractivity contribution in [2.75, 3.05) is 6.61 Å². The fourth-order valence-corrected chi connectivity index (χ4v) is 4.75. The van der Waals surface area contributed by atoms with Crippen LogP contribution in [-0.4, -0.2) is 74.1 Å². The molecule has 0 aliphatic carbocycles. The normalized spacial score (nSPS) is 28.6. The zero-order valence-electron chi connectivity index (χ0n) is 18.6. The summed E-state index contributed by atoms with van der Waals surface area (Å²) >= 11 is 0. The van der Waals surface area contributed by atoms with Crippen LogP contribution >= 0.6 is 0 Å². The molecule has 2 aliphatic rings. The average Bonchev–Trinajstić information content (AvgIpc) is 2.79. The number of carbonyl (C=O) groups excluding carboxylic acids is 1. The monoisotopic (exact) mass is 474 g/mol. The molecule has 2 aromatic rings. The second-order valence-corrected chi connectivity index (χ2v) is 8.56. The highest BCUT2D eigenvalue weighted by Gasteiger charge is 2.58. The lowest BCUT2D eigenvalue weighted by Gasteiger charge is -2.50. The Bertz CT molecular complexity index is 1170. The van der Waals surface area contributed by atoms with Crippen LogP contribution in [0.5, 0.6) is 11.5 Å². The number of rotatable bonds is 5. The van der Waals surface area contributed by atoms with Crippen molar-refractivity contribution in [3.8, 4) is 11.5 Å². The molecule has 5 N–H and O–H groups in total. The molecule has 34 heavy (non-hydrogen) atoms. The summed E-state index contributed by atoms with van der Waals surface area (Å²) in [5, 5.41) is 52.4. The summed E-state index contributed by atoms with van der Waals surface area (Å²) in [5.41, 5.74) is -1.08. The van der Waals surface area contributed by atoms with Gasteiger partial charge in [-0.1, -0.05) is 6.07 Å². The lowest BCUT2D eigenvalue weighted by molar-refractivity contribution is -0.316. The van der Waals surface area contributed by atoms with Gasteiger partial charge in [0, 0.05) is 0 Å². The van der Waals surface area contributed by atoms with E-state index in [1.165, 1.54) is 19.3 Å². The van der Waals surface area contributed by atoms with Crippen LogP contribution in [0.2, 0.25) is 0 Å². The predicted molar refractivity (Wildman–Crippen MR) is 118 cm³/mol. The molecule has 182 valence electrons. The van der Waals surface area contributed by atoms with E-state index >= 15 is 0 Å². The van der Waals surface area contributed by atoms with Gasteiger partial charge in [0.15, 0.2) is 11.4 Å². The van der Waals surface area contributed by atoms with Crippen molar-refractivity contribution in [2.45, 2.75) is 56.9 Å². The maximum absolute atomic E-state index is 12.1. The Morgan fingerprint density at radius 3 is 2.56 bits per heavy atom. The molecular weight excluding hydrogens is 448 g/mol. The van der Waals surface area contributed by atoms with Crippen molar-refractivity contribution in [3.63, 3.8) is 0 Å². The molecule has 10 heteroatoms. The second kappa shape index (κ2) is 8.88. The molecule has 1 spiro atoms. The van der Waals surface area contributed by atoms with Gasteiger partial charge in [0.1, 0.15) is 29.8 Å². The number of fused-ring (bicyclic) bond motifs is 1. The largest absolute Gasteiger partial charge is 0.506 e. The minimum Gasteiger partial charge on any atom is -0.506 e. The van der Waals surface area contributed by atoms with Crippen LogP contribution in [-0.2, 0) is 9.47 Å². The first-order valence-electron chi connectivity index (χ1n) is 10.8. The van der Waals surface area contributed by atoms with Gasteiger partial charge in [-0.2, -0.15) is 0 Å². The molecule has 0 unspecified atom stereocenters. The number of carboxylic acid groups (broad SMARTS) is 1. The Labute approximate surface area is 194 Å². The quantitative estimate of drug-likeness (QED) is 0.403. The van der Waals surface area contributed by atoms with Crippen LogP contribution in [0.1, 0.15) is 46.0 Å². The van der Waals surface area contributed by atoms with E-state index in [4.69, 9.17) is 14.2 Å². The molecule has 4 rings (SSSR count). The van der Waals surface area contributed by atoms with E-state index in [1.54, 1.807) is 19.1 Å². The second-order valence-electron chi connectivity index (χ2n) is 8.56. The molecule has 1 saturated heterocycles. The van der Waals surface area contributed by atoms with Crippen molar-refractivity contribution in [1.82, 2.24) is 0 Å². The van der Waals surface area contributed by atoms with Gasteiger partial charge in [-0.05, 0) is 55.8 Å². The highest BCUT2D eigenvalue weighted by molar-refractivity contribution is 6.08. The Hall–Kier alpha value is -3.18. The van der Waals surface area contributed by atoms with Crippen LogP contribution in [0.4, 0.5) is 0 Å². The molecule has 2 aromatic carbocycles. The lowest BCUT2D eigenvalue weighted by atomic mass is 9.79. The Morgan fingerprint density at radius 1 is 1.24 bits per heavy atom. The molecule has 1 fully saturated rings. The number of ether oxygens (including phenoxy) is 3. The zero-order chi connectivity index (χ0) is 24.8. The lowest BCUT2D eigenvalue weighted by Crippen LogP contribution is -2.68. The average molecular weight is 474 g/mol. The van der Waals surface area contributed by atoms with Crippen LogP contribution in [0.25, 0.3) is 10.8 Å². The van der Waals surface area contributed by atoms with Crippen molar-refractivity contribution in [1.29, 1.82) is 0 Å². The van der Waals surface area contributed by atoms with E-state index in [-0.39, 0.29) is 34.1 Å². The Balaban J connectivity index is 1.80. The Kier molecular flexibility index (Phi) is 6.26. The number of aliphatic hydroxyl groups excluding tert-OH is 3. The van der Waals surface area contributed by atoms with Crippen LogP contribution in [0.3, 0.4) is 0 Å². The van der Waals surface area contributed by atoms with Gasteiger partial charge in [-0.15, -0.1) is 0 Å². The molecule has 10 nitrogen and oxygen atoms in total. The molecule has 0 aromatic heterocycles. The smallest absolute Gasteiger partial charge is 0.335 e. The van der Waals surface area contributed by atoms with Gasteiger partial charge >= 0.3 is 5.97 Å². The number of carbonyl (C=O) groups is 2. The SMILES string of the molecule is CC(=O)c1c(C)cc2cc(C(=O)O)cc(O[C@@H]3O[C@H](CO)[C@]4(CCC=CO4)[C@H](O)[C@H]3O)c2c1O. The molecule has 0 bridgehead atoms. The van der Waals surface area contributed by atoms with Gasteiger partial charge in [0.05, 0.1) is 29.4 Å². The topological polar surface area (TPSA) is 163 Å². The number of Topliss-reactive ketones (excluding diaryl/α,β-unsaturated/α-hetero) is 1. The van der Waals surface area contributed by atoms with Crippen molar-refractivity contribution in [2.24, 2.45) is 0 Å². The number of allylic oxidation sites excluding steroid dienone is 1. The number of benzene rings is 2. The van der Waals surface area contributed by atoms with E-state index in [0.717, 1.165) is 6.07 Å². The maximum atomic E-state index is 12.1. The number of hydrogen-bond acceptors (Lipinski definition) is 9. The summed E-state index contributed by atoms with van der Waals surface area (Å²) in [6, 6.07) is 4.00. The third kappa shape index (κ3) is 3.78. The van der Waals surface area contributed by atoms with Gasteiger partial charge < -0.3 is 39.7 Å². The third-order valence-electron chi connectivity index (χ3n) is 6.41. The fourth-order valence-electron chi connectivity index (χ4n) is 4.75. The van der Waals surface area contributed by atoms with E-state index in [9.17, 15) is 35.1 Å². The van der Waals surface area contributed by atoms with Gasteiger partial charge in [-0.25, -0.2) is 4.79 Å². The van der Waals surface area contributed by atoms with Gasteiger partial charge in [0.25, 0.3) is 0 Å². The number of aromatic carboxylic acids is 1. The molecule has 0 amide bonds. The molecular formula is C24H26O10. The first-order chi connectivity index (χ1) is 16.1. The molecule has 2 aliphatic heterocycles. The fraction of sp³-hybridized carbons (Fsp3) is 0.417. The Morgan fingerprint density at radius 2 is 1.97 bits per heavy atom. The zero-order valence-corrected chi connectivity index (χ0v) is 18.6. The first-order valence-corrected chi connectivity index (χ1v) is 10.8. The first kappa shape index (κ1) is 24.0. The number of hydrogen-bond donors (Lipinski definition) is 5. The van der Waals surface area contributed by atoms with E-state index in [1.807, 2.05) is 0 Å². The van der Waals surface area contributed by atoms with E-state index in [2.05, 4.69) is 0 Å². The highest BCUT2D eigenvalue weighted by Crippen LogP contribution is 2.43. The van der Waals surface area contributed by atoms with Crippen LogP contribution < -0.4 is 4.74 Å². The summed E-state index contributed by atoms with van der Waals surface area (Å²) in [7, 11) is 0. The van der Waals surface area contributed by atoms with Gasteiger partial charge in [0.2, 0.25) is 6.29 Å². The van der Waals surface area contributed by atoms with Crippen LogP contribution in [0.15, 0.2) is 30.5 Å². The standard InChI is InChI=1S/C24H26O10/c1-11-7-13-8-14(22(30)31)9-15(18(13)19(27)17(11)12(2)26)33-23-20(28)21(29)24(16(10-25)34-23)5-3-4-6-32-24/h4,6-9,16,20-21,23,25,27-29H,3,5,10H2,1-2H3,(H,30,31)/t16-,20-,21-,23-,24-/m1/s1. The maximum Gasteiger partial charge on any atom is 0.335 e. The number of ketones is 1. The third-order valence-corrected chi connectivity index (χ3v) is 6.41. The summed E-state index contributed by atoms with van der Waals surface area (Å²) < 4.78 is 17.2. The number of aryl methyl sites for hydroxylation is 1. The number of carboxylic acids is 1. The molecule has 5 atom stereocenters. The highest BCUT2D eigenvalue weighted by atomic mass is 16.7. The predicted octanol–water partition coefficient (Wildman–Crippen LogP) is 1.64. The van der Waals surface area contributed by atoms with Gasteiger partial charge in [-0.3, -0.25) is 4.79 Å². The number of aliphatic hydroxyl groups is 3. The van der Waals surface area contributed by atoms with Crippen molar-refractivity contribution >= 4 is 22.5 Å². The van der Waals surface area contributed by atoms with E-state index < -0.39 is 54.3 Å². The van der Waals surface area contributed by atoms with Crippen molar-refractivity contribution in [3.05, 3.63) is 47.2 Å². The minimum atomic E-state index is -1.64.